The molecule has 0 aliphatic rings. The molecule has 0 fully saturated rings. The van der Waals surface area contributed by atoms with E-state index >= 15 is 0 Å². The average Bonchev–Trinajstić information content (AvgIpc) is 2.96. The largest absolute Gasteiger partial charge is 0.326 e. The highest BCUT2D eigenvalue weighted by atomic mass is 32.2. The zero-order valence-corrected chi connectivity index (χ0v) is 14.9. The maximum absolute atomic E-state index is 11.8. The minimum Gasteiger partial charge on any atom is -0.326 e. The van der Waals surface area contributed by atoms with Crippen LogP contribution in [0.15, 0.2) is 39.0 Å². The zero-order chi connectivity index (χ0) is 15.6. The van der Waals surface area contributed by atoms with Gasteiger partial charge in [-0.05, 0) is 18.6 Å². The highest BCUT2D eigenvalue weighted by Crippen LogP contribution is 2.29. The molecular weight excluding hydrogens is 334 g/mol. The highest BCUT2D eigenvalue weighted by Gasteiger charge is 2.07. The Hall–Kier alpha value is -1.05. The summed E-state index contributed by atoms with van der Waals surface area (Å²) in [6, 6.07) is 9.51. The Morgan fingerprint density at radius 3 is 2.50 bits per heavy atom. The number of nitrogens with zero attached hydrogens (tertiary/aromatic N) is 2. The molecule has 0 unspecified atom stereocenters. The molecule has 1 aromatic heterocycles. The Balaban J connectivity index is 1.66. The second kappa shape index (κ2) is 9.86. The van der Waals surface area contributed by atoms with Crippen LogP contribution >= 0.6 is 34.9 Å². The first-order valence-electron chi connectivity index (χ1n) is 7.22. The molecule has 1 heterocycles. The fraction of sp³-hybridized carbons (Fsp3) is 0.400. The van der Waals surface area contributed by atoms with Crippen LogP contribution in [0.5, 0.6) is 0 Å². The summed E-state index contributed by atoms with van der Waals surface area (Å²) in [5, 5.41) is 11.2. The molecule has 0 atom stereocenters. The van der Waals surface area contributed by atoms with Crippen molar-refractivity contribution in [3.05, 3.63) is 30.3 Å². The summed E-state index contributed by atoms with van der Waals surface area (Å²) in [6.07, 6.45) is 2.87. The maximum atomic E-state index is 11.8. The van der Waals surface area contributed by atoms with Crippen molar-refractivity contribution < 1.29 is 4.79 Å². The number of para-hydroxylation sites is 1. The first-order chi connectivity index (χ1) is 10.8. The predicted molar refractivity (Wildman–Crippen MR) is 96.0 cm³/mol. The van der Waals surface area contributed by atoms with E-state index < -0.39 is 0 Å². The van der Waals surface area contributed by atoms with E-state index in [4.69, 9.17) is 0 Å². The third kappa shape index (κ3) is 6.37. The summed E-state index contributed by atoms with van der Waals surface area (Å²) >= 11 is 4.96. The van der Waals surface area contributed by atoms with Crippen LogP contribution in [0.25, 0.3) is 0 Å². The van der Waals surface area contributed by atoms with Gasteiger partial charge in [0.2, 0.25) is 5.91 Å². The Morgan fingerprint density at radius 2 is 1.82 bits per heavy atom. The summed E-state index contributed by atoms with van der Waals surface area (Å²) in [4.78, 5) is 11.8. The molecule has 0 aliphatic carbocycles. The molecule has 2 rings (SSSR count). The molecular formula is C15H19N3OS3. The third-order valence-corrected chi connectivity index (χ3v) is 6.00. The number of nitrogens with one attached hydrogen (secondary N) is 1. The van der Waals surface area contributed by atoms with Crippen LogP contribution in [0.3, 0.4) is 0 Å². The molecule has 0 bridgehead atoms. The van der Waals surface area contributed by atoms with Crippen molar-refractivity contribution in [1.29, 1.82) is 0 Å². The molecule has 7 heteroatoms. The number of unbranched alkanes of at least 4 members (excludes halogenated alkanes) is 1. The van der Waals surface area contributed by atoms with Gasteiger partial charge in [0, 0.05) is 23.6 Å². The van der Waals surface area contributed by atoms with E-state index in [-0.39, 0.29) is 5.91 Å². The molecule has 0 radical (unpaired) electrons. The number of carbonyl (C=O) groups excluding carboxylic acids is 1. The van der Waals surface area contributed by atoms with Crippen molar-refractivity contribution in [3.63, 3.8) is 0 Å². The van der Waals surface area contributed by atoms with Crippen molar-refractivity contribution in [2.45, 2.75) is 34.9 Å². The molecule has 4 nitrogen and oxygen atoms in total. The molecule has 0 saturated carbocycles. The molecule has 22 heavy (non-hydrogen) atoms. The van der Waals surface area contributed by atoms with Gasteiger partial charge in [0.25, 0.3) is 0 Å². The van der Waals surface area contributed by atoms with E-state index in [1.807, 2.05) is 30.3 Å². The first kappa shape index (κ1) is 17.3. The first-order valence-corrected chi connectivity index (χ1v) is 10.0. The van der Waals surface area contributed by atoms with Gasteiger partial charge in [-0.25, -0.2) is 0 Å². The maximum Gasteiger partial charge on any atom is 0.225 e. The summed E-state index contributed by atoms with van der Waals surface area (Å²) in [7, 11) is 0. The molecule has 0 saturated heterocycles. The Kier molecular flexibility index (Phi) is 7.76. The van der Waals surface area contributed by atoms with Gasteiger partial charge in [-0.2, -0.15) is 0 Å². The zero-order valence-electron chi connectivity index (χ0n) is 12.4. The van der Waals surface area contributed by atoms with Crippen molar-refractivity contribution in [2.75, 3.05) is 16.8 Å². The van der Waals surface area contributed by atoms with Crippen LogP contribution in [0, 0.1) is 0 Å². The van der Waals surface area contributed by atoms with Crippen LogP contribution in [-0.4, -0.2) is 27.6 Å². The summed E-state index contributed by atoms with van der Waals surface area (Å²) < 4.78 is 1.95. The normalized spacial score (nSPS) is 10.6. The van der Waals surface area contributed by atoms with E-state index in [2.05, 4.69) is 22.4 Å². The van der Waals surface area contributed by atoms with Crippen LogP contribution in [0.1, 0.15) is 26.2 Å². The number of rotatable bonds is 9. The second-order valence-corrected chi connectivity index (χ2v) is 8.21. The van der Waals surface area contributed by atoms with E-state index in [0.29, 0.717) is 12.2 Å². The van der Waals surface area contributed by atoms with Gasteiger partial charge < -0.3 is 5.32 Å². The van der Waals surface area contributed by atoms with Gasteiger partial charge in [-0.3, -0.25) is 4.79 Å². The molecule has 0 spiro atoms. The number of amides is 1. The lowest BCUT2D eigenvalue weighted by Crippen LogP contribution is -2.11. The molecule has 118 valence electrons. The minimum atomic E-state index is 0.0285. The number of benzene rings is 1. The molecule has 1 aromatic carbocycles. The predicted octanol–water partition coefficient (Wildman–Crippen LogP) is 4.55. The number of hydrogen-bond donors (Lipinski definition) is 1. The third-order valence-electron chi connectivity index (χ3n) is 2.72. The van der Waals surface area contributed by atoms with E-state index in [1.165, 1.54) is 12.8 Å². The molecule has 0 aliphatic heterocycles. The van der Waals surface area contributed by atoms with Gasteiger partial charge in [0.15, 0.2) is 8.68 Å². The van der Waals surface area contributed by atoms with Gasteiger partial charge in [-0.1, -0.05) is 66.4 Å². The molecule has 2 aromatic rings. The lowest BCUT2D eigenvalue weighted by Gasteiger charge is -2.03. The Labute approximate surface area is 143 Å². The molecule has 1 amide bonds. The lowest BCUT2D eigenvalue weighted by molar-refractivity contribution is -0.115. The SMILES string of the molecule is CCCCSc1nnc(SCCC(=O)Nc2ccccc2)s1. The number of anilines is 1. The average molecular weight is 354 g/mol. The quantitative estimate of drug-likeness (QED) is 0.529. The van der Waals surface area contributed by atoms with Crippen molar-refractivity contribution >= 4 is 46.5 Å². The van der Waals surface area contributed by atoms with E-state index in [1.54, 1.807) is 34.9 Å². The highest BCUT2D eigenvalue weighted by molar-refractivity contribution is 8.03. The standard InChI is InChI=1S/C15H19N3OS3/c1-2-3-10-20-14-17-18-15(22-14)21-11-9-13(19)16-12-7-5-4-6-8-12/h4-8H,2-3,9-11H2,1H3,(H,16,19). The minimum absolute atomic E-state index is 0.0285. The molecule has 1 N–H and O–H groups in total. The van der Waals surface area contributed by atoms with E-state index in [9.17, 15) is 4.79 Å². The van der Waals surface area contributed by atoms with Gasteiger partial charge >= 0.3 is 0 Å². The van der Waals surface area contributed by atoms with Crippen LogP contribution in [0.4, 0.5) is 5.69 Å². The van der Waals surface area contributed by atoms with Crippen molar-refractivity contribution in [1.82, 2.24) is 10.2 Å². The van der Waals surface area contributed by atoms with Gasteiger partial charge in [0.1, 0.15) is 0 Å². The lowest BCUT2D eigenvalue weighted by atomic mass is 10.3. The fourth-order valence-electron chi connectivity index (χ4n) is 1.59. The Bertz CT molecular complexity index is 574. The van der Waals surface area contributed by atoms with Crippen LogP contribution < -0.4 is 5.32 Å². The van der Waals surface area contributed by atoms with Crippen molar-refractivity contribution in [3.8, 4) is 0 Å². The summed E-state index contributed by atoms with van der Waals surface area (Å²) in [6.45, 7) is 2.18. The number of carbonyl (C=O) groups is 1. The van der Waals surface area contributed by atoms with Gasteiger partial charge in [-0.15, -0.1) is 10.2 Å². The number of hydrogen-bond acceptors (Lipinski definition) is 6. The van der Waals surface area contributed by atoms with Crippen molar-refractivity contribution in [2.24, 2.45) is 0 Å². The smallest absolute Gasteiger partial charge is 0.225 e. The van der Waals surface area contributed by atoms with E-state index in [0.717, 1.165) is 20.1 Å². The fourth-order valence-corrected chi connectivity index (χ4v) is 4.78. The van der Waals surface area contributed by atoms with Crippen LogP contribution in [0.2, 0.25) is 0 Å². The Morgan fingerprint density at radius 1 is 1.14 bits per heavy atom. The van der Waals surface area contributed by atoms with Crippen LogP contribution in [-0.2, 0) is 4.79 Å². The number of aromatic nitrogens is 2. The van der Waals surface area contributed by atoms with Gasteiger partial charge in [0.05, 0.1) is 0 Å². The number of thioether (sulfide) groups is 2. The monoisotopic (exact) mass is 353 g/mol. The second-order valence-electron chi connectivity index (χ2n) is 4.55. The topological polar surface area (TPSA) is 54.9 Å². The summed E-state index contributed by atoms with van der Waals surface area (Å²) in [5.41, 5.74) is 0.836. The summed E-state index contributed by atoms with van der Waals surface area (Å²) in [5.74, 6) is 1.84.